The van der Waals surface area contributed by atoms with Crippen LogP contribution in [0.5, 0.6) is 0 Å². The van der Waals surface area contributed by atoms with Crippen molar-refractivity contribution < 1.29 is 24.2 Å². The fraction of sp³-hybridized carbons (Fsp3) is 0.800. The summed E-state index contributed by atoms with van der Waals surface area (Å²) in [5.41, 5.74) is -1.49. The van der Waals surface area contributed by atoms with Crippen LogP contribution >= 0.6 is 0 Å². The maximum absolute atomic E-state index is 11.2. The normalized spacial score (nSPS) is 18.5. The van der Waals surface area contributed by atoms with Gasteiger partial charge in [-0.3, -0.25) is 9.59 Å². The van der Waals surface area contributed by atoms with E-state index in [2.05, 4.69) is 9.47 Å². The molecule has 0 aromatic carbocycles. The Morgan fingerprint density at radius 3 is 1.53 bits per heavy atom. The summed E-state index contributed by atoms with van der Waals surface area (Å²) in [6.07, 6.45) is 0. The third-order valence-electron chi connectivity index (χ3n) is 2.86. The van der Waals surface area contributed by atoms with Gasteiger partial charge in [0.2, 0.25) is 0 Å². The van der Waals surface area contributed by atoms with Crippen molar-refractivity contribution >= 4 is 11.9 Å². The van der Waals surface area contributed by atoms with Gasteiger partial charge in [-0.15, -0.1) is 0 Å². The van der Waals surface area contributed by atoms with Crippen molar-refractivity contribution in [3.8, 4) is 0 Å². The molecule has 0 fully saturated rings. The van der Waals surface area contributed by atoms with Crippen LogP contribution in [0.1, 0.15) is 20.8 Å². The van der Waals surface area contributed by atoms with E-state index in [0.29, 0.717) is 0 Å². The molecule has 15 heavy (non-hydrogen) atoms. The molecular formula is C10H18O5. The Bertz CT molecular complexity index is 222. The zero-order chi connectivity index (χ0) is 12.2. The predicted octanol–water partition coefficient (Wildman–Crippen LogP) is 0.356. The molecule has 0 spiro atoms. The largest absolute Gasteiger partial charge is 0.469 e. The van der Waals surface area contributed by atoms with E-state index in [1.807, 2.05) is 0 Å². The molecule has 0 saturated heterocycles. The number of aliphatic hydroxyl groups is 1. The summed E-state index contributed by atoms with van der Waals surface area (Å²) in [6.45, 7) is 4.42. The molecule has 1 N–H and O–H groups in total. The number of ether oxygens (including phenoxy) is 2. The molecule has 0 bridgehead atoms. The van der Waals surface area contributed by atoms with Gasteiger partial charge in [-0.25, -0.2) is 0 Å². The number of carbonyl (C=O) groups is 2. The van der Waals surface area contributed by atoms with Crippen molar-refractivity contribution in [2.45, 2.75) is 26.4 Å². The highest BCUT2D eigenvalue weighted by Crippen LogP contribution is 2.27. The molecule has 0 rings (SSSR count). The maximum Gasteiger partial charge on any atom is 0.311 e. The van der Waals surface area contributed by atoms with Crippen molar-refractivity contribution in [2.75, 3.05) is 14.2 Å². The summed E-state index contributed by atoms with van der Waals surface area (Å²) in [4.78, 5) is 22.5. The summed E-state index contributed by atoms with van der Waals surface area (Å²) >= 11 is 0. The van der Waals surface area contributed by atoms with Crippen LogP contribution in [0.3, 0.4) is 0 Å². The van der Waals surface area contributed by atoms with Crippen LogP contribution in [-0.4, -0.2) is 36.9 Å². The van der Waals surface area contributed by atoms with Gasteiger partial charge in [-0.2, -0.15) is 0 Å². The average Bonchev–Trinajstić information content (AvgIpc) is 2.24. The second-order valence-electron chi connectivity index (χ2n) is 3.72. The van der Waals surface area contributed by atoms with Crippen LogP contribution < -0.4 is 0 Å². The zero-order valence-electron chi connectivity index (χ0n) is 9.73. The van der Waals surface area contributed by atoms with Gasteiger partial charge < -0.3 is 14.6 Å². The molecule has 88 valence electrons. The van der Waals surface area contributed by atoms with Gasteiger partial charge in [0.05, 0.1) is 31.7 Å². The Kier molecular flexibility index (Phi) is 4.74. The SMILES string of the molecule is COC(=O)C(C)C(C)(O)C(C)C(=O)OC. The first-order valence-corrected chi connectivity index (χ1v) is 4.67. The Hall–Kier alpha value is -1.10. The zero-order valence-corrected chi connectivity index (χ0v) is 9.73. The molecule has 0 saturated carbocycles. The highest BCUT2D eigenvalue weighted by molar-refractivity contribution is 5.77. The summed E-state index contributed by atoms with van der Waals surface area (Å²) in [5, 5.41) is 10.1. The van der Waals surface area contributed by atoms with E-state index in [0.717, 1.165) is 0 Å². The Morgan fingerprint density at radius 2 is 1.33 bits per heavy atom. The summed E-state index contributed by atoms with van der Waals surface area (Å²) < 4.78 is 9.02. The van der Waals surface area contributed by atoms with E-state index < -0.39 is 29.4 Å². The van der Waals surface area contributed by atoms with E-state index in [1.54, 1.807) is 0 Å². The second kappa shape index (κ2) is 5.11. The van der Waals surface area contributed by atoms with Crippen molar-refractivity contribution in [1.29, 1.82) is 0 Å². The van der Waals surface area contributed by atoms with E-state index >= 15 is 0 Å². The first-order chi connectivity index (χ1) is 6.78. The summed E-state index contributed by atoms with van der Waals surface area (Å²) in [6, 6.07) is 0. The summed E-state index contributed by atoms with van der Waals surface area (Å²) in [7, 11) is 2.47. The molecule has 0 radical (unpaired) electrons. The number of carbonyl (C=O) groups excluding carboxylic acids is 2. The van der Waals surface area contributed by atoms with E-state index in [-0.39, 0.29) is 0 Å². The van der Waals surface area contributed by atoms with Gasteiger partial charge in [-0.05, 0) is 20.8 Å². The number of hydrogen-bond acceptors (Lipinski definition) is 5. The second-order valence-corrected chi connectivity index (χ2v) is 3.72. The Morgan fingerprint density at radius 1 is 1.07 bits per heavy atom. The topological polar surface area (TPSA) is 72.8 Å². The lowest BCUT2D eigenvalue weighted by Crippen LogP contribution is -2.47. The number of esters is 2. The van der Waals surface area contributed by atoms with Crippen LogP contribution in [0.4, 0.5) is 0 Å². The summed E-state index contributed by atoms with van der Waals surface area (Å²) in [5.74, 6) is -2.71. The molecular weight excluding hydrogens is 200 g/mol. The Labute approximate surface area is 89.4 Å². The minimum atomic E-state index is -1.49. The lowest BCUT2D eigenvalue weighted by atomic mass is 9.80. The highest BCUT2D eigenvalue weighted by atomic mass is 16.5. The van der Waals surface area contributed by atoms with Gasteiger partial charge >= 0.3 is 11.9 Å². The Balaban J connectivity index is 4.79. The standard InChI is InChI=1S/C10H18O5/c1-6(8(11)14-4)10(3,13)7(2)9(12)15-5/h6-7,13H,1-5H3. The third kappa shape index (κ3) is 2.92. The van der Waals surface area contributed by atoms with E-state index in [4.69, 9.17) is 0 Å². The van der Waals surface area contributed by atoms with Crippen molar-refractivity contribution in [1.82, 2.24) is 0 Å². The fourth-order valence-corrected chi connectivity index (χ4v) is 1.21. The fourth-order valence-electron chi connectivity index (χ4n) is 1.21. The van der Waals surface area contributed by atoms with Gasteiger partial charge in [-0.1, -0.05) is 0 Å². The van der Waals surface area contributed by atoms with Crippen molar-refractivity contribution in [2.24, 2.45) is 11.8 Å². The van der Waals surface area contributed by atoms with Crippen molar-refractivity contribution in [3.63, 3.8) is 0 Å². The van der Waals surface area contributed by atoms with E-state index in [9.17, 15) is 14.7 Å². The third-order valence-corrected chi connectivity index (χ3v) is 2.86. The molecule has 2 atom stereocenters. The molecule has 5 heteroatoms. The maximum atomic E-state index is 11.2. The van der Waals surface area contributed by atoms with Gasteiger partial charge in [0.15, 0.2) is 0 Å². The molecule has 0 aliphatic rings. The molecule has 0 heterocycles. The van der Waals surface area contributed by atoms with Crippen LogP contribution in [-0.2, 0) is 19.1 Å². The lowest BCUT2D eigenvalue weighted by molar-refractivity contribution is -0.166. The van der Waals surface area contributed by atoms with Crippen LogP contribution in [0.15, 0.2) is 0 Å². The van der Waals surface area contributed by atoms with Gasteiger partial charge in [0, 0.05) is 0 Å². The van der Waals surface area contributed by atoms with E-state index in [1.165, 1.54) is 35.0 Å². The number of rotatable bonds is 4. The lowest BCUT2D eigenvalue weighted by Gasteiger charge is -2.32. The molecule has 0 aromatic rings. The van der Waals surface area contributed by atoms with Crippen LogP contribution in [0.25, 0.3) is 0 Å². The van der Waals surface area contributed by atoms with Gasteiger partial charge in [0.1, 0.15) is 0 Å². The van der Waals surface area contributed by atoms with Crippen molar-refractivity contribution in [3.05, 3.63) is 0 Å². The minimum absolute atomic E-state index is 0.559. The molecule has 2 unspecified atom stereocenters. The van der Waals surface area contributed by atoms with Crippen LogP contribution in [0.2, 0.25) is 0 Å². The molecule has 0 aromatic heterocycles. The quantitative estimate of drug-likeness (QED) is 0.689. The molecule has 0 aliphatic carbocycles. The molecule has 0 aliphatic heterocycles. The monoisotopic (exact) mass is 218 g/mol. The van der Waals surface area contributed by atoms with Crippen LogP contribution in [0, 0.1) is 11.8 Å². The smallest absolute Gasteiger partial charge is 0.311 e. The number of methoxy groups -OCH3 is 2. The predicted molar refractivity (Wildman–Crippen MR) is 53.0 cm³/mol. The minimum Gasteiger partial charge on any atom is -0.469 e. The first kappa shape index (κ1) is 13.9. The molecule has 0 amide bonds. The molecule has 5 nitrogen and oxygen atoms in total. The number of hydrogen-bond donors (Lipinski definition) is 1. The highest BCUT2D eigenvalue weighted by Gasteiger charge is 2.43. The van der Waals surface area contributed by atoms with Gasteiger partial charge in [0.25, 0.3) is 0 Å². The average molecular weight is 218 g/mol. The first-order valence-electron chi connectivity index (χ1n) is 4.67.